The minimum absolute atomic E-state index is 0.00649. The van der Waals surface area contributed by atoms with Gasteiger partial charge in [0, 0.05) is 30.3 Å². The van der Waals surface area contributed by atoms with Crippen LogP contribution in [0.1, 0.15) is 90.5 Å². The average molecular weight is 470 g/mol. The second kappa shape index (κ2) is 16.1. The molecule has 188 valence electrons. The van der Waals surface area contributed by atoms with Crippen molar-refractivity contribution in [1.29, 1.82) is 0 Å². The third-order valence-electron chi connectivity index (χ3n) is 6.22. The van der Waals surface area contributed by atoms with Gasteiger partial charge in [-0.05, 0) is 31.5 Å². The zero-order chi connectivity index (χ0) is 24.6. The zero-order valence-electron chi connectivity index (χ0n) is 21.9. The van der Waals surface area contributed by atoms with Gasteiger partial charge in [-0.1, -0.05) is 64.7 Å². The number of ether oxygens (including phenoxy) is 2. The maximum absolute atomic E-state index is 12.4. The molecule has 0 N–H and O–H groups in total. The topological polar surface area (TPSA) is 42.7 Å². The van der Waals surface area contributed by atoms with Crippen molar-refractivity contribution in [3.63, 3.8) is 0 Å². The smallest absolute Gasteiger partial charge is 0.224 e. The van der Waals surface area contributed by atoms with E-state index < -0.39 is 0 Å². The van der Waals surface area contributed by atoms with Gasteiger partial charge in [-0.15, -0.1) is 0 Å². The summed E-state index contributed by atoms with van der Waals surface area (Å²) < 4.78 is 13.7. The molecule has 2 rings (SSSR count). The monoisotopic (exact) mass is 469 g/mol. The minimum Gasteiger partial charge on any atom is -0.493 e. The number of hydrogen-bond donors (Lipinski definition) is 0. The number of benzene rings is 1. The van der Waals surface area contributed by atoms with E-state index in [2.05, 4.69) is 24.6 Å². The van der Waals surface area contributed by atoms with Gasteiger partial charge in [-0.2, -0.15) is 0 Å². The number of amides is 1. The number of aryl methyl sites for hydroxylation is 1. The third kappa shape index (κ3) is 9.74. The molecule has 34 heavy (non-hydrogen) atoms. The lowest BCUT2D eigenvalue weighted by molar-refractivity contribution is -0.693. The van der Waals surface area contributed by atoms with Gasteiger partial charge in [0.1, 0.15) is 6.54 Å². The Bertz CT molecular complexity index is 853. The molecule has 5 heteroatoms. The lowest BCUT2D eigenvalue weighted by Gasteiger charge is -2.22. The quantitative estimate of drug-likeness (QED) is 0.188. The molecule has 0 bridgehead atoms. The Morgan fingerprint density at radius 2 is 1.59 bits per heavy atom. The van der Waals surface area contributed by atoms with Crippen LogP contribution in [-0.2, 0) is 17.9 Å². The van der Waals surface area contributed by atoms with Crippen molar-refractivity contribution in [3.05, 3.63) is 48.3 Å². The van der Waals surface area contributed by atoms with Crippen molar-refractivity contribution >= 4 is 11.6 Å². The van der Waals surface area contributed by atoms with Crippen LogP contribution < -0.4 is 18.9 Å². The minimum atomic E-state index is -0.00649. The molecule has 0 fully saturated rings. The van der Waals surface area contributed by atoms with Crippen molar-refractivity contribution in [3.8, 4) is 11.5 Å². The van der Waals surface area contributed by atoms with E-state index in [1.165, 1.54) is 57.8 Å². The lowest BCUT2D eigenvalue weighted by Crippen LogP contribution is -2.34. The summed E-state index contributed by atoms with van der Waals surface area (Å²) in [6.45, 7) is 8.05. The molecule has 0 aliphatic heterocycles. The van der Waals surface area contributed by atoms with Crippen LogP contribution in [0.15, 0.2) is 42.7 Å². The Kier molecular flexibility index (Phi) is 13.1. The second-order valence-electron chi connectivity index (χ2n) is 9.01. The molecule has 1 aromatic heterocycles. The highest BCUT2D eigenvalue weighted by molar-refractivity contribution is 5.91. The van der Waals surface area contributed by atoms with Crippen molar-refractivity contribution in [2.75, 3.05) is 18.6 Å². The van der Waals surface area contributed by atoms with E-state index in [1.54, 1.807) is 18.9 Å². The van der Waals surface area contributed by atoms with Gasteiger partial charge in [-0.25, -0.2) is 4.57 Å². The first-order chi connectivity index (χ1) is 16.6. The molecule has 1 amide bonds. The van der Waals surface area contributed by atoms with Gasteiger partial charge >= 0.3 is 0 Å². The Morgan fingerprint density at radius 3 is 2.21 bits per heavy atom. The fourth-order valence-corrected chi connectivity index (χ4v) is 4.15. The molecule has 0 aliphatic carbocycles. The number of nitrogens with zero attached hydrogens (tertiary/aromatic N) is 2. The van der Waals surface area contributed by atoms with Crippen LogP contribution in [0.5, 0.6) is 11.5 Å². The number of carbonyl (C=O) groups is 1. The van der Waals surface area contributed by atoms with Gasteiger partial charge in [0.2, 0.25) is 5.91 Å². The molecule has 0 aliphatic rings. The second-order valence-corrected chi connectivity index (χ2v) is 9.01. The van der Waals surface area contributed by atoms with E-state index in [0.29, 0.717) is 18.9 Å². The van der Waals surface area contributed by atoms with Crippen LogP contribution in [0.3, 0.4) is 0 Å². The van der Waals surface area contributed by atoms with Crippen LogP contribution >= 0.6 is 0 Å². The number of rotatable bonds is 17. The molecular weight excluding hydrogens is 424 g/mol. The van der Waals surface area contributed by atoms with Crippen LogP contribution in [0.2, 0.25) is 0 Å². The number of anilines is 1. The Balaban J connectivity index is 1.83. The zero-order valence-corrected chi connectivity index (χ0v) is 21.9. The number of unbranched alkanes of at least 4 members (excludes halogenated alkanes) is 9. The number of carbonyl (C=O) groups excluding carboxylic acids is 1. The van der Waals surface area contributed by atoms with Crippen LogP contribution in [0.4, 0.5) is 5.69 Å². The fourth-order valence-electron chi connectivity index (χ4n) is 4.15. The predicted molar refractivity (Wildman–Crippen MR) is 140 cm³/mol. The number of methoxy groups -OCH3 is 1. The molecular formula is C29H45N2O3+. The van der Waals surface area contributed by atoms with Crippen molar-refractivity contribution < 1.29 is 18.8 Å². The summed E-state index contributed by atoms with van der Waals surface area (Å²) in [5, 5.41) is 0. The van der Waals surface area contributed by atoms with E-state index in [1.807, 2.05) is 36.5 Å². The molecule has 1 aromatic carbocycles. The van der Waals surface area contributed by atoms with Crippen LogP contribution in [0, 0.1) is 0 Å². The van der Waals surface area contributed by atoms with E-state index in [9.17, 15) is 4.79 Å². The molecule has 1 heterocycles. The number of aromatic nitrogens is 1. The van der Waals surface area contributed by atoms with Gasteiger partial charge in [0.15, 0.2) is 23.9 Å². The average Bonchev–Trinajstić information content (AvgIpc) is 2.86. The van der Waals surface area contributed by atoms with E-state index in [4.69, 9.17) is 9.47 Å². The number of hydrogen-bond acceptors (Lipinski definition) is 3. The van der Waals surface area contributed by atoms with Crippen LogP contribution in [0.25, 0.3) is 0 Å². The summed E-state index contributed by atoms with van der Waals surface area (Å²) in [6, 6.07) is 9.81. The highest BCUT2D eigenvalue weighted by atomic mass is 16.5. The van der Waals surface area contributed by atoms with E-state index >= 15 is 0 Å². The SMILES string of the molecule is CCCCCCCCCCCCOc1ccc(N(Cc2ccc[n+](CC)c2)C(C)=O)cc1OC. The molecule has 0 saturated carbocycles. The van der Waals surface area contributed by atoms with Crippen molar-refractivity contribution in [2.24, 2.45) is 0 Å². The summed E-state index contributed by atoms with van der Waals surface area (Å²) in [5.74, 6) is 1.38. The molecule has 2 aromatic rings. The fraction of sp³-hybridized carbons (Fsp3) is 0.586. The first-order valence-corrected chi connectivity index (χ1v) is 13.2. The van der Waals surface area contributed by atoms with Gasteiger partial charge < -0.3 is 14.4 Å². The summed E-state index contributed by atoms with van der Waals surface area (Å²) in [5.41, 5.74) is 1.89. The molecule has 0 saturated heterocycles. The summed E-state index contributed by atoms with van der Waals surface area (Å²) >= 11 is 0. The molecule has 5 nitrogen and oxygen atoms in total. The Morgan fingerprint density at radius 1 is 0.912 bits per heavy atom. The molecule has 0 radical (unpaired) electrons. The largest absolute Gasteiger partial charge is 0.493 e. The van der Waals surface area contributed by atoms with Gasteiger partial charge in [0.25, 0.3) is 0 Å². The molecule has 0 spiro atoms. The maximum atomic E-state index is 12.4. The van der Waals surface area contributed by atoms with Crippen LogP contribution in [-0.4, -0.2) is 19.6 Å². The maximum Gasteiger partial charge on any atom is 0.224 e. The first kappa shape index (κ1) is 27.7. The van der Waals surface area contributed by atoms with E-state index in [-0.39, 0.29) is 5.91 Å². The van der Waals surface area contributed by atoms with Gasteiger partial charge in [0.05, 0.1) is 20.3 Å². The highest BCUT2D eigenvalue weighted by Crippen LogP contribution is 2.32. The van der Waals surface area contributed by atoms with Gasteiger partial charge in [-0.3, -0.25) is 4.79 Å². The molecule has 0 unspecified atom stereocenters. The highest BCUT2D eigenvalue weighted by Gasteiger charge is 2.16. The normalized spacial score (nSPS) is 10.8. The van der Waals surface area contributed by atoms with Crippen molar-refractivity contribution in [1.82, 2.24) is 0 Å². The predicted octanol–water partition coefficient (Wildman–Crippen LogP) is 6.86. The Labute approximate surface area is 207 Å². The first-order valence-electron chi connectivity index (χ1n) is 13.2. The number of pyridine rings is 1. The summed E-state index contributed by atoms with van der Waals surface area (Å²) in [4.78, 5) is 14.2. The Hall–Kier alpha value is -2.56. The summed E-state index contributed by atoms with van der Waals surface area (Å²) in [7, 11) is 1.64. The van der Waals surface area contributed by atoms with Crippen molar-refractivity contribution in [2.45, 2.75) is 98.1 Å². The third-order valence-corrected chi connectivity index (χ3v) is 6.22. The standard InChI is InChI=1S/C29H45N2O3/c1-5-7-8-9-10-11-12-13-14-15-21-34-28-19-18-27(22-29(28)33-4)31(25(3)32)24-26-17-16-20-30(6-2)23-26/h16-20,22-23H,5-15,21,24H2,1-4H3/q+1. The summed E-state index contributed by atoms with van der Waals surface area (Å²) in [6.07, 6.45) is 17.2. The lowest BCUT2D eigenvalue weighted by atomic mass is 10.1. The van der Waals surface area contributed by atoms with E-state index in [0.717, 1.165) is 30.0 Å². The molecule has 0 atom stereocenters.